The molecule has 0 radical (unpaired) electrons. The predicted molar refractivity (Wildman–Crippen MR) is 68.0 cm³/mol. The van der Waals surface area contributed by atoms with Crippen LogP contribution in [0.2, 0.25) is 0 Å². The SMILES string of the molecule is Brc1ccc(Sc2cccc(Br)n2)nc1. The average molecular weight is 346 g/mol. The van der Waals surface area contributed by atoms with Crippen LogP contribution in [0.25, 0.3) is 0 Å². The van der Waals surface area contributed by atoms with Crippen molar-refractivity contribution in [1.82, 2.24) is 9.97 Å². The lowest BCUT2D eigenvalue weighted by Crippen LogP contribution is -1.82. The maximum Gasteiger partial charge on any atom is 0.107 e. The van der Waals surface area contributed by atoms with Gasteiger partial charge in [-0.1, -0.05) is 17.8 Å². The van der Waals surface area contributed by atoms with E-state index in [9.17, 15) is 0 Å². The lowest BCUT2D eigenvalue weighted by Gasteiger charge is -2.00. The molecule has 76 valence electrons. The van der Waals surface area contributed by atoms with Gasteiger partial charge in [0.05, 0.1) is 0 Å². The smallest absolute Gasteiger partial charge is 0.107 e. The molecule has 15 heavy (non-hydrogen) atoms. The average Bonchev–Trinajstić information content (AvgIpc) is 2.22. The summed E-state index contributed by atoms with van der Waals surface area (Å²) < 4.78 is 1.82. The molecule has 0 saturated carbocycles. The molecule has 0 aliphatic heterocycles. The number of aromatic nitrogens is 2. The summed E-state index contributed by atoms with van der Waals surface area (Å²) in [6.45, 7) is 0. The van der Waals surface area contributed by atoms with Crippen molar-refractivity contribution < 1.29 is 0 Å². The van der Waals surface area contributed by atoms with Crippen molar-refractivity contribution in [2.24, 2.45) is 0 Å². The summed E-state index contributed by atoms with van der Waals surface area (Å²) >= 11 is 8.22. The fraction of sp³-hybridized carbons (Fsp3) is 0. The van der Waals surface area contributed by atoms with E-state index >= 15 is 0 Å². The van der Waals surface area contributed by atoms with E-state index in [1.54, 1.807) is 6.20 Å². The zero-order valence-corrected chi connectivity index (χ0v) is 11.5. The summed E-state index contributed by atoms with van der Waals surface area (Å²) in [5.74, 6) is 0. The van der Waals surface area contributed by atoms with Crippen LogP contribution < -0.4 is 0 Å². The summed E-state index contributed by atoms with van der Waals surface area (Å²) in [5, 5.41) is 1.86. The fourth-order valence-corrected chi connectivity index (χ4v) is 2.42. The Morgan fingerprint density at radius 2 is 1.87 bits per heavy atom. The van der Waals surface area contributed by atoms with E-state index in [2.05, 4.69) is 41.8 Å². The Morgan fingerprint density at radius 3 is 2.53 bits per heavy atom. The predicted octanol–water partition coefficient (Wildman–Crippen LogP) is 4.15. The van der Waals surface area contributed by atoms with Crippen LogP contribution in [0, 0.1) is 0 Å². The van der Waals surface area contributed by atoms with E-state index in [0.29, 0.717) is 0 Å². The Labute approximate surface area is 109 Å². The zero-order valence-electron chi connectivity index (χ0n) is 7.52. The second-order valence-corrected chi connectivity index (χ2v) is 5.48. The highest BCUT2D eigenvalue weighted by Gasteiger charge is 2.00. The second kappa shape index (κ2) is 5.09. The summed E-state index contributed by atoms with van der Waals surface area (Å²) in [7, 11) is 0. The van der Waals surface area contributed by atoms with Gasteiger partial charge in [-0.15, -0.1) is 0 Å². The molecule has 0 spiro atoms. The largest absolute Gasteiger partial charge is 0.248 e. The Hall–Kier alpha value is -0.390. The molecule has 0 aliphatic carbocycles. The van der Waals surface area contributed by atoms with Crippen LogP contribution >= 0.6 is 43.6 Å². The van der Waals surface area contributed by atoms with Gasteiger partial charge in [0.15, 0.2) is 0 Å². The van der Waals surface area contributed by atoms with E-state index in [0.717, 1.165) is 19.1 Å². The second-order valence-electron chi connectivity index (χ2n) is 2.72. The van der Waals surface area contributed by atoms with Gasteiger partial charge in [0.1, 0.15) is 14.7 Å². The number of pyridine rings is 2. The van der Waals surface area contributed by atoms with Crippen LogP contribution in [0.3, 0.4) is 0 Å². The Morgan fingerprint density at radius 1 is 1.00 bits per heavy atom. The molecule has 0 aromatic carbocycles. The highest BCUT2D eigenvalue weighted by atomic mass is 79.9. The molecule has 5 heteroatoms. The van der Waals surface area contributed by atoms with Gasteiger partial charge >= 0.3 is 0 Å². The van der Waals surface area contributed by atoms with Crippen LogP contribution in [0.1, 0.15) is 0 Å². The van der Waals surface area contributed by atoms with Gasteiger partial charge in [-0.3, -0.25) is 0 Å². The van der Waals surface area contributed by atoms with E-state index in [4.69, 9.17) is 0 Å². The van der Waals surface area contributed by atoms with Crippen LogP contribution in [0.4, 0.5) is 0 Å². The quantitative estimate of drug-likeness (QED) is 0.764. The van der Waals surface area contributed by atoms with Crippen LogP contribution in [-0.4, -0.2) is 9.97 Å². The van der Waals surface area contributed by atoms with Gasteiger partial charge < -0.3 is 0 Å². The molecule has 0 atom stereocenters. The molecule has 0 unspecified atom stereocenters. The van der Waals surface area contributed by atoms with Gasteiger partial charge in [0, 0.05) is 10.7 Å². The van der Waals surface area contributed by atoms with Crippen molar-refractivity contribution in [3.05, 3.63) is 45.6 Å². The highest BCUT2D eigenvalue weighted by Crippen LogP contribution is 2.25. The van der Waals surface area contributed by atoms with Crippen LogP contribution in [0.15, 0.2) is 55.7 Å². The third kappa shape index (κ3) is 3.29. The maximum absolute atomic E-state index is 4.32. The minimum atomic E-state index is 0.838. The molecular weight excluding hydrogens is 340 g/mol. The maximum atomic E-state index is 4.32. The molecule has 2 nitrogen and oxygen atoms in total. The van der Waals surface area contributed by atoms with Crippen molar-refractivity contribution in [3.8, 4) is 0 Å². The van der Waals surface area contributed by atoms with E-state index in [1.165, 1.54) is 11.8 Å². The van der Waals surface area contributed by atoms with Crippen molar-refractivity contribution in [3.63, 3.8) is 0 Å². The Kier molecular flexibility index (Phi) is 3.77. The number of hydrogen-bond donors (Lipinski definition) is 0. The van der Waals surface area contributed by atoms with E-state index < -0.39 is 0 Å². The van der Waals surface area contributed by atoms with E-state index in [-0.39, 0.29) is 0 Å². The standard InChI is InChI=1S/C10H6Br2N2S/c11-7-4-5-9(13-6-7)15-10-3-1-2-8(12)14-10/h1-6H. The van der Waals surface area contributed by atoms with Crippen molar-refractivity contribution in [2.75, 3.05) is 0 Å². The zero-order chi connectivity index (χ0) is 10.7. The first-order valence-electron chi connectivity index (χ1n) is 4.16. The first-order valence-corrected chi connectivity index (χ1v) is 6.56. The molecule has 0 bridgehead atoms. The minimum absolute atomic E-state index is 0.838. The number of halogens is 2. The van der Waals surface area contributed by atoms with Crippen LogP contribution in [-0.2, 0) is 0 Å². The molecule has 0 amide bonds. The van der Waals surface area contributed by atoms with Crippen molar-refractivity contribution >= 4 is 43.6 Å². The summed E-state index contributed by atoms with van der Waals surface area (Å²) in [6.07, 6.45) is 1.78. The lowest BCUT2D eigenvalue weighted by molar-refractivity contribution is 1.07. The monoisotopic (exact) mass is 344 g/mol. The number of hydrogen-bond acceptors (Lipinski definition) is 3. The molecule has 0 N–H and O–H groups in total. The molecule has 2 aromatic rings. The minimum Gasteiger partial charge on any atom is -0.248 e. The summed E-state index contributed by atoms with van der Waals surface area (Å²) in [4.78, 5) is 8.58. The third-order valence-corrected chi connectivity index (χ3v) is 3.40. The lowest BCUT2D eigenvalue weighted by atomic mass is 10.5. The highest BCUT2D eigenvalue weighted by molar-refractivity contribution is 9.10. The first-order chi connectivity index (χ1) is 7.24. The van der Waals surface area contributed by atoms with Crippen LogP contribution in [0.5, 0.6) is 0 Å². The van der Waals surface area contributed by atoms with Crippen molar-refractivity contribution in [2.45, 2.75) is 10.1 Å². The normalized spacial score (nSPS) is 10.3. The molecule has 0 aliphatic rings. The van der Waals surface area contributed by atoms with Gasteiger partial charge in [-0.25, -0.2) is 9.97 Å². The molecular formula is C10H6Br2N2S. The van der Waals surface area contributed by atoms with Gasteiger partial charge in [-0.05, 0) is 56.1 Å². The molecule has 0 saturated heterocycles. The third-order valence-electron chi connectivity index (χ3n) is 1.60. The fourth-order valence-electron chi connectivity index (χ4n) is 0.976. The number of rotatable bonds is 2. The number of nitrogens with zero attached hydrogens (tertiary/aromatic N) is 2. The first kappa shape index (κ1) is 11.1. The van der Waals surface area contributed by atoms with Gasteiger partial charge in [0.25, 0.3) is 0 Å². The molecule has 0 fully saturated rings. The Bertz CT molecular complexity index is 459. The molecule has 2 rings (SSSR count). The van der Waals surface area contributed by atoms with Crippen molar-refractivity contribution in [1.29, 1.82) is 0 Å². The van der Waals surface area contributed by atoms with Gasteiger partial charge in [0.2, 0.25) is 0 Å². The molecule has 2 heterocycles. The molecule has 2 aromatic heterocycles. The van der Waals surface area contributed by atoms with E-state index in [1.807, 2.05) is 30.3 Å². The summed E-state index contributed by atoms with van der Waals surface area (Å²) in [6, 6.07) is 9.74. The van der Waals surface area contributed by atoms with Gasteiger partial charge in [-0.2, -0.15) is 0 Å². The Balaban J connectivity index is 2.18. The summed E-state index contributed by atoms with van der Waals surface area (Å²) in [5.41, 5.74) is 0. The topological polar surface area (TPSA) is 25.8 Å².